The summed E-state index contributed by atoms with van der Waals surface area (Å²) in [5.74, 6) is 3.23. The summed E-state index contributed by atoms with van der Waals surface area (Å²) in [6, 6.07) is 0. The summed E-state index contributed by atoms with van der Waals surface area (Å²) >= 11 is 0. The molecule has 5 nitrogen and oxygen atoms in total. The first kappa shape index (κ1) is 13.1. The Morgan fingerprint density at radius 3 is 2.00 bits per heavy atom. The van der Waals surface area contributed by atoms with E-state index < -0.39 is 0 Å². The second-order valence-corrected chi connectivity index (χ2v) is 3.39. The van der Waals surface area contributed by atoms with Crippen LogP contribution >= 0.6 is 0 Å². The fourth-order valence-corrected chi connectivity index (χ4v) is 1.71. The minimum Gasteiger partial charge on any atom is -0.489 e. The fourth-order valence-electron chi connectivity index (χ4n) is 1.71. The lowest BCUT2D eigenvalue weighted by molar-refractivity contribution is -0.680. The number of pyridine rings is 1. The molecule has 0 bridgehead atoms. The summed E-state index contributed by atoms with van der Waals surface area (Å²) in [5, 5.41) is 0. The lowest BCUT2D eigenvalue weighted by Gasteiger charge is -2.14. The average molecular weight is 238 g/mol. The number of hydrogen-bond donors (Lipinski definition) is 0. The van der Waals surface area contributed by atoms with Crippen LogP contribution in [-0.4, -0.2) is 27.3 Å². The van der Waals surface area contributed by atoms with Crippen LogP contribution in [0, 0.1) is 6.92 Å². The third kappa shape index (κ3) is 2.10. The van der Waals surface area contributed by atoms with Crippen molar-refractivity contribution in [2.24, 2.45) is 7.05 Å². The molecule has 0 N–H and O–H groups in total. The second kappa shape index (κ2) is 5.37. The van der Waals surface area contributed by atoms with Crippen molar-refractivity contribution in [2.45, 2.75) is 6.92 Å². The maximum atomic E-state index is 10.5. The van der Waals surface area contributed by atoms with E-state index in [0.717, 1.165) is 5.69 Å². The van der Waals surface area contributed by atoms with Crippen LogP contribution in [0.5, 0.6) is 17.2 Å². The summed E-state index contributed by atoms with van der Waals surface area (Å²) < 4.78 is 17.6. The highest BCUT2D eigenvalue weighted by Crippen LogP contribution is 2.39. The highest BCUT2D eigenvalue weighted by Gasteiger charge is 2.28. The van der Waals surface area contributed by atoms with Gasteiger partial charge in [-0.3, -0.25) is 0 Å². The predicted molar refractivity (Wildman–Crippen MR) is 62.2 cm³/mol. The van der Waals surface area contributed by atoms with Crippen LogP contribution in [0.4, 0.5) is 0 Å². The molecule has 5 heteroatoms. The van der Waals surface area contributed by atoms with Crippen LogP contribution in [0.3, 0.4) is 0 Å². The Labute approximate surface area is 100 Å². The van der Waals surface area contributed by atoms with Crippen molar-refractivity contribution in [2.75, 3.05) is 21.3 Å². The van der Waals surface area contributed by atoms with Gasteiger partial charge in [0.25, 0.3) is 5.69 Å². The molecule has 1 rings (SSSR count). The fraction of sp³-hybridized carbons (Fsp3) is 0.417. The number of nitrogens with zero attached hydrogens (tertiary/aromatic N) is 1. The van der Waals surface area contributed by atoms with Crippen molar-refractivity contribution in [1.29, 1.82) is 0 Å². The SMILES string of the molecule is COc1c(OC)c(C)[n+](C)c(C=C=O)c1OC. The molecule has 0 aliphatic carbocycles. The Bertz CT molecular complexity index is 476. The van der Waals surface area contributed by atoms with Gasteiger partial charge >= 0.3 is 0 Å². The first-order valence-electron chi connectivity index (χ1n) is 5.01. The summed E-state index contributed by atoms with van der Waals surface area (Å²) in [5.41, 5.74) is 1.41. The number of ether oxygens (including phenoxy) is 3. The van der Waals surface area contributed by atoms with Gasteiger partial charge in [0.2, 0.25) is 22.9 Å². The van der Waals surface area contributed by atoms with E-state index in [0.29, 0.717) is 22.9 Å². The van der Waals surface area contributed by atoms with E-state index in [-0.39, 0.29) is 0 Å². The first-order chi connectivity index (χ1) is 8.12. The van der Waals surface area contributed by atoms with Gasteiger partial charge in [-0.05, 0) is 0 Å². The molecule has 0 aromatic carbocycles. The van der Waals surface area contributed by atoms with E-state index in [1.165, 1.54) is 20.3 Å². The minimum atomic E-state index is 0.445. The molecule has 0 amide bonds. The minimum absolute atomic E-state index is 0.445. The molecule has 0 aliphatic heterocycles. The van der Waals surface area contributed by atoms with Gasteiger partial charge in [0.15, 0.2) is 0 Å². The van der Waals surface area contributed by atoms with E-state index in [9.17, 15) is 4.79 Å². The Morgan fingerprint density at radius 2 is 1.59 bits per heavy atom. The Balaban J connectivity index is 3.73. The van der Waals surface area contributed by atoms with Gasteiger partial charge in [-0.25, -0.2) is 4.79 Å². The Morgan fingerprint density at radius 1 is 1.06 bits per heavy atom. The molecule has 17 heavy (non-hydrogen) atoms. The molecule has 1 aromatic rings. The van der Waals surface area contributed by atoms with Crippen molar-refractivity contribution in [3.63, 3.8) is 0 Å². The molecular formula is C12H16NO4+. The number of methoxy groups -OCH3 is 3. The summed E-state index contributed by atoms with van der Waals surface area (Å²) in [6.45, 7) is 1.86. The highest BCUT2D eigenvalue weighted by atomic mass is 16.5. The van der Waals surface area contributed by atoms with Crippen molar-refractivity contribution in [1.82, 2.24) is 0 Å². The summed E-state index contributed by atoms with van der Waals surface area (Å²) in [6.07, 6.45) is 1.30. The molecule has 0 radical (unpaired) electrons. The van der Waals surface area contributed by atoms with Crippen LogP contribution in [-0.2, 0) is 11.8 Å². The van der Waals surface area contributed by atoms with E-state index in [1.54, 1.807) is 17.6 Å². The van der Waals surface area contributed by atoms with Gasteiger partial charge in [-0.2, -0.15) is 4.57 Å². The van der Waals surface area contributed by atoms with Gasteiger partial charge < -0.3 is 14.2 Å². The normalized spacial score (nSPS) is 9.47. The van der Waals surface area contributed by atoms with E-state index in [1.807, 2.05) is 14.0 Å². The molecule has 0 aliphatic rings. The molecule has 92 valence electrons. The maximum absolute atomic E-state index is 10.5. The van der Waals surface area contributed by atoms with Crippen LogP contribution in [0.15, 0.2) is 0 Å². The Hall–Kier alpha value is -2.00. The zero-order valence-electron chi connectivity index (χ0n) is 10.7. The number of aromatic nitrogens is 1. The molecule has 1 aromatic heterocycles. The summed E-state index contributed by atoms with van der Waals surface area (Å²) in [4.78, 5) is 10.5. The van der Waals surface area contributed by atoms with Gasteiger partial charge in [0.05, 0.1) is 27.4 Å². The first-order valence-corrected chi connectivity index (χ1v) is 5.01. The topological polar surface area (TPSA) is 48.6 Å². The largest absolute Gasteiger partial charge is 0.489 e. The number of hydrogen-bond acceptors (Lipinski definition) is 4. The van der Waals surface area contributed by atoms with Crippen molar-refractivity contribution < 1.29 is 23.6 Å². The molecular weight excluding hydrogens is 222 g/mol. The monoisotopic (exact) mass is 238 g/mol. The van der Waals surface area contributed by atoms with Gasteiger partial charge in [-0.15, -0.1) is 0 Å². The molecule has 1 heterocycles. The lowest BCUT2D eigenvalue weighted by Crippen LogP contribution is -2.36. The van der Waals surface area contributed by atoms with Crippen LogP contribution in [0.1, 0.15) is 11.4 Å². The predicted octanol–water partition coefficient (Wildman–Crippen LogP) is 0.690. The highest BCUT2D eigenvalue weighted by molar-refractivity contribution is 5.76. The third-order valence-corrected chi connectivity index (χ3v) is 2.65. The van der Waals surface area contributed by atoms with Crippen LogP contribution in [0.2, 0.25) is 0 Å². The zero-order chi connectivity index (χ0) is 13.0. The van der Waals surface area contributed by atoms with Crippen molar-refractivity contribution >= 4 is 12.0 Å². The molecule has 0 atom stereocenters. The average Bonchev–Trinajstić information content (AvgIpc) is 2.34. The van der Waals surface area contributed by atoms with Crippen LogP contribution < -0.4 is 18.8 Å². The quantitative estimate of drug-likeness (QED) is 0.572. The number of carbonyl (C=O) groups excluding carboxylic acids is 1. The second-order valence-electron chi connectivity index (χ2n) is 3.39. The zero-order valence-corrected chi connectivity index (χ0v) is 10.7. The van der Waals surface area contributed by atoms with Crippen LogP contribution in [0.25, 0.3) is 6.08 Å². The van der Waals surface area contributed by atoms with Gasteiger partial charge in [-0.1, -0.05) is 0 Å². The number of rotatable bonds is 4. The molecule has 0 saturated heterocycles. The van der Waals surface area contributed by atoms with Gasteiger partial charge in [0.1, 0.15) is 13.0 Å². The molecule has 0 unspecified atom stereocenters. The Kier molecular flexibility index (Phi) is 4.12. The molecule has 0 saturated carbocycles. The van der Waals surface area contributed by atoms with Crippen molar-refractivity contribution in [3.05, 3.63) is 11.4 Å². The molecule has 0 spiro atoms. The smallest absolute Gasteiger partial charge is 0.262 e. The molecule has 0 fully saturated rings. The maximum Gasteiger partial charge on any atom is 0.262 e. The summed E-state index contributed by atoms with van der Waals surface area (Å²) in [7, 11) is 6.39. The van der Waals surface area contributed by atoms with E-state index in [2.05, 4.69) is 0 Å². The third-order valence-electron chi connectivity index (χ3n) is 2.65. The van der Waals surface area contributed by atoms with Gasteiger partial charge in [0, 0.05) is 6.92 Å². The van der Waals surface area contributed by atoms with E-state index in [4.69, 9.17) is 14.2 Å². The van der Waals surface area contributed by atoms with Crippen molar-refractivity contribution in [3.8, 4) is 17.2 Å². The lowest BCUT2D eigenvalue weighted by atomic mass is 10.2. The van der Waals surface area contributed by atoms with E-state index >= 15 is 0 Å². The standard InChI is InChI=1S/C12H16NO4/c1-8-10(15-3)12(17-5)11(16-4)9(6-7-14)13(8)2/h6H,1-5H3/q+1.